The van der Waals surface area contributed by atoms with Crippen molar-refractivity contribution in [2.45, 2.75) is 12.6 Å². The van der Waals surface area contributed by atoms with Gasteiger partial charge in [-0.2, -0.15) is 0 Å². The Bertz CT molecular complexity index is 450. The van der Waals surface area contributed by atoms with Gasteiger partial charge in [0.05, 0.1) is 6.61 Å². The zero-order valence-corrected chi connectivity index (χ0v) is 12.4. The van der Waals surface area contributed by atoms with Crippen LogP contribution in [0.2, 0.25) is 0 Å². The molecule has 0 fully saturated rings. The SMILES string of the molecule is NC(N)=NC(CCOc1cccc(I)c1)N=C(N)N. The molecule has 0 saturated carbocycles. The summed E-state index contributed by atoms with van der Waals surface area (Å²) in [7, 11) is 0. The highest BCUT2D eigenvalue weighted by Crippen LogP contribution is 2.15. The Morgan fingerprint density at radius 3 is 2.32 bits per heavy atom. The average molecular weight is 376 g/mol. The van der Waals surface area contributed by atoms with Crippen LogP contribution in [0.5, 0.6) is 5.75 Å². The molecule has 0 aliphatic rings. The Balaban J connectivity index is 2.53. The number of halogens is 1. The van der Waals surface area contributed by atoms with Gasteiger partial charge < -0.3 is 27.7 Å². The smallest absolute Gasteiger partial charge is 0.188 e. The van der Waals surface area contributed by atoms with Gasteiger partial charge in [-0.05, 0) is 40.8 Å². The first-order chi connectivity index (χ1) is 8.97. The van der Waals surface area contributed by atoms with Gasteiger partial charge in [-0.3, -0.25) is 0 Å². The molecule has 1 aromatic carbocycles. The number of nitrogens with two attached hydrogens (primary N) is 4. The largest absolute Gasteiger partial charge is 0.493 e. The van der Waals surface area contributed by atoms with E-state index < -0.39 is 6.17 Å². The van der Waals surface area contributed by atoms with Crippen LogP contribution in [-0.4, -0.2) is 24.7 Å². The molecule has 8 heteroatoms. The molecule has 0 bridgehead atoms. The van der Waals surface area contributed by atoms with Gasteiger partial charge in [0.25, 0.3) is 0 Å². The minimum Gasteiger partial charge on any atom is -0.493 e. The Morgan fingerprint density at radius 2 is 1.79 bits per heavy atom. The summed E-state index contributed by atoms with van der Waals surface area (Å²) in [5.41, 5.74) is 21.2. The van der Waals surface area contributed by atoms with Gasteiger partial charge in [-0.25, -0.2) is 9.98 Å². The molecule has 104 valence electrons. The molecule has 19 heavy (non-hydrogen) atoms. The van der Waals surface area contributed by atoms with Gasteiger partial charge in [-0.15, -0.1) is 0 Å². The normalized spacial score (nSPS) is 10.0. The number of nitrogens with zero attached hydrogens (tertiary/aromatic N) is 2. The maximum Gasteiger partial charge on any atom is 0.188 e. The van der Waals surface area contributed by atoms with E-state index in [9.17, 15) is 0 Å². The molecule has 7 nitrogen and oxygen atoms in total. The molecule has 0 aromatic heterocycles. The van der Waals surface area contributed by atoms with Crippen molar-refractivity contribution < 1.29 is 4.74 Å². The molecule has 0 heterocycles. The maximum atomic E-state index is 5.57. The summed E-state index contributed by atoms with van der Waals surface area (Å²) in [6, 6.07) is 7.70. The lowest BCUT2D eigenvalue weighted by atomic mass is 10.3. The first-order valence-corrected chi connectivity index (χ1v) is 6.61. The summed E-state index contributed by atoms with van der Waals surface area (Å²) < 4.78 is 6.67. The molecular weight excluding hydrogens is 359 g/mol. The van der Waals surface area contributed by atoms with Crippen molar-refractivity contribution in [3.8, 4) is 5.75 Å². The second-order valence-electron chi connectivity index (χ2n) is 3.68. The Hall–Kier alpha value is -1.71. The van der Waals surface area contributed by atoms with Crippen LogP contribution in [0.15, 0.2) is 34.3 Å². The Labute approximate surface area is 125 Å². The van der Waals surface area contributed by atoms with E-state index in [1.54, 1.807) is 0 Å². The van der Waals surface area contributed by atoms with Crippen LogP contribution in [0, 0.1) is 3.57 Å². The fourth-order valence-electron chi connectivity index (χ4n) is 1.34. The van der Waals surface area contributed by atoms with Crippen LogP contribution in [0.25, 0.3) is 0 Å². The van der Waals surface area contributed by atoms with E-state index in [2.05, 4.69) is 32.6 Å². The molecule has 8 N–H and O–H groups in total. The van der Waals surface area contributed by atoms with Crippen LogP contribution in [0.3, 0.4) is 0 Å². The van der Waals surface area contributed by atoms with Gasteiger partial charge in [-0.1, -0.05) is 6.07 Å². The lowest BCUT2D eigenvalue weighted by Crippen LogP contribution is -2.29. The molecule has 1 rings (SSSR count). The second kappa shape index (κ2) is 7.67. The van der Waals surface area contributed by atoms with Gasteiger partial charge in [0.1, 0.15) is 11.9 Å². The number of guanidine groups is 2. The van der Waals surface area contributed by atoms with Crippen molar-refractivity contribution in [1.29, 1.82) is 0 Å². The molecule has 0 radical (unpaired) electrons. The molecule has 0 amide bonds. The van der Waals surface area contributed by atoms with Crippen molar-refractivity contribution in [3.63, 3.8) is 0 Å². The Kier molecular flexibility index (Phi) is 6.19. The number of benzene rings is 1. The number of aliphatic imine (C=N–C) groups is 2. The standard InChI is InChI=1S/C11H17IN6O/c12-7-2-1-3-8(6-7)19-5-4-9(17-10(13)14)18-11(15)16/h1-3,6,9H,4-5H2,(H4,13,14,17)(H4,15,16,18). The van der Waals surface area contributed by atoms with E-state index >= 15 is 0 Å². The molecule has 0 spiro atoms. The summed E-state index contributed by atoms with van der Waals surface area (Å²) in [4.78, 5) is 7.82. The van der Waals surface area contributed by atoms with E-state index in [4.69, 9.17) is 27.7 Å². The number of ether oxygens (including phenoxy) is 1. The van der Waals surface area contributed by atoms with Crippen LogP contribution < -0.4 is 27.7 Å². The van der Waals surface area contributed by atoms with Crippen molar-refractivity contribution >= 4 is 34.5 Å². The first-order valence-electron chi connectivity index (χ1n) is 5.53. The zero-order chi connectivity index (χ0) is 14.3. The molecule has 0 unspecified atom stereocenters. The van der Waals surface area contributed by atoms with Gasteiger partial charge in [0.15, 0.2) is 11.9 Å². The predicted octanol–water partition coefficient (Wildman–Crippen LogP) is -0.0670. The third kappa shape index (κ3) is 6.70. The Morgan fingerprint density at radius 1 is 1.16 bits per heavy atom. The minimum atomic E-state index is -0.530. The topological polar surface area (TPSA) is 138 Å². The number of hydrogen-bond donors (Lipinski definition) is 4. The summed E-state index contributed by atoms with van der Waals surface area (Å²) >= 11 is 2.21. The first kappa shape index (κ1) is 15.3. The minimum absolute atomic E-state index is 0.0655. The fourth-order valence-corrected chi connectivity index (χ4v) is 1.86. The lowest BCUT2D eigenvalue weighted by Gasteiger charge is -2.10. The van der Waals surface area contributed by atoms with Gasteiger partial charge in [0.2, 0.25) is 0 Å². The summed E-state index contributed by atoms with van der Waals surface area (Å²) in [6.45, 7) is 0.401. The van der Waals surface area contributed by atoms with Crippen LogP contribution in [0.1, 0.15) is 6.42 Å². The summed E-state index contributed by atoms with van der Waals surface area (Å²) in [5, 5.41) is 0. The quantitative estimate of drug-likeness (QED) is 0.313. The molecule has 0 aliphatic heterocycles. The van der Waals surface area contributed by atoms with E-state index in [1.807, 2.05) is 24.3 Å². The fraction of sp³-hybridized carbons (Fsp3) is 0.273. The number of hydrogen-bond acceptors (Lipinski definition) is 3. The summed E-state index contributed by atoms with van der Waals surface area (Å²) in [6.07, 6.45) is -0.0563. The van der Waals surface area contributed by atoms with Crippen molar-refractivity contribution in [2.75, 3.05) is 6.61 Å². The van der Waals surface area contributed by atoms with Crippen LogP contribution in [-0.2, 0) is 0 Å². The van der Waals surface area contributed by atoms with Crippen molar-refractivity contribution in [3.05, 3.63) is 27.8 Å². The molecule has 1 aromatic rings. The zero-order valence-electron chi connectivity index (χ0n) is 10.3. The highest BCUT2D eigenvalue weighted by Gasteiger charge is 2.06. The highest BCUT2D eigenvalue weighted by atomic mass is 127. The molecule has 0 atom stereocenters. The van der Waals surface area contributed by atoms with Crippen LogP contribution >= 0.6 is 22.6 Å². The third-order valence-electron chi connectivity index (χ3n) is 2.04. The van der Waals surface area contributed by atoms with E-state index in [0.717, 1.165) is 9.32 Å². The van der Waals surface area contributed by atoms with Crippen LogP contribution in [0.4, 0.5) is 0 Å². The van der Waals surface area contributed by atoms with Gasteiger partial charge >= 0.3 is 0 Å². The van der Waals surface area contributed by atoms with Crippen molar-refractivity contribution in [1.82, 2.24) is 0 Å². The second-order valence-corrected chi connectivity index (χ2v) is 4.93. The van der Waals surface area contributed by atoms with Gasteiger partial charge in [0, 0.05) is 9.99 Å². The van der Waals surface area contributed by atoms with E-state index in [-0.39, 0.29) is 11.9 Å². The van der Waals surface area contributed by atoms with Crippen molar-refractivity contribution in [2.24, 2.45) is 32.9 Å². The molecule has 0 saturated heterocycles. The maximum absolute atomic E-state index is 5.57. The number of rotatable bonds is 6. The molecular formula is C11H17IN6O. The lowest BCUT2D eigenvalue weighted by molar-refractivity contribution is 0.299. The monoisotopic (exact) mass is 376 g/mol. The average Bonchev–Trinajstić information content (AvgIpc) is 2.27. The highest BCUT2D eigenvalue weighted by molar-refractivity contribution is 14.1. The van der Waals surface area contributed by atoms with E-state index in [0.29, 0.717) is 13.0 Å². The molecule has 0 aliphatic carbocycles. The third-order valence-corrected chi connectivity index (χ3v) is 2.71. The van der Waals surface area contributed by atoms with E-state index in [1.165, 1.54) is 0 Å². The predicted molar refractivity (Wildman–Crippen MR) is 84.7 cm³/mol. The summed E-state index contributed by atoms with van der Waals surface area (Å²) in [5.74, 6) is 0.647.